The predicted molar refractivity (Wildman–Crippen MR) is 306 cm³/mol. The second kappa shape index (κ2) is 59.4. The van der Waals surface area contributed by atoms with E-state index >= 15 is 0 Å². The molecule has 410 valence electrons. The minimum atomic E-state index is -0.864. The van der Waals surface area contributed by atoms with E-state index in [4.69, 9.17) is 4.74 Å². The molecule has 0 aliphatic rings. The van der Waals surface area contributed by atoms with Gasteiger partial charge >= 0.3 is 5.97 Å². The summed E-state index contributed by atoms with van der Waals surface area (Å²) in [6.45, 7) is 4.85. The summed E-state index contributed by atoms with van der Waals surface area (Å²) in [5, 5.41) is 23.2. The van der Waals surface area contributed by atoms with Crippen LogP contribution in [0, 0.1) is 0 Å². The van der Waals surface area contributed by atoms with Gasteiger partial charge in [0, 0.05) is 12.8 Å². The van der Waals surface area contributed by atoms with Crippen LogP contribution in [0.3, 0.4) is 0 Å². The Balaban J connectivity index is 3.52. The summed E-state index contributed by atoms with van der Waals surface area (Å²) < 4.78 is 5.47. The maximum atomic E-state index is 12.5. The first-order valence-electron chi connectivity index (χ1n) is 30.9. The van der Waals surface area contributed by atoms with Crippen molar-refractivity contribution in [1.29, 1.82) is 0 Å². The van der Waals surface area contributed by atoms with E-state index in [0.717, 1.165) is 77.0 Å². The second-order valence-electron chi connectivity index (χ2n) is 21.0. The Morgan fingerprint density at radius 1 is 0.400 bits per heavy atom. The van der Waals surface area contributed by atoms with E-state index in [9.17, 15) is 19.8 Å². The van der Waals surface area contributed by atoms with Crippen LogP contribution in [-0.2, 0) is 14.3 Å². The van der Waals surface area contributed by atoms with E-state index in [-0.39, 0.29) is 18.5 Å². The van der Waals surface area contributed by atoms with Gasteiger partial charge in [-0.2, -0.15) is 0 Å². The number of nitrogens with one attached hydrogen (secondary N) is 1. The average Bonchev–Trinajstić information content (AvgIpc) is 3.36. The minimum absolute atomic E-state index is 0.0216. The van der Waals surface area contributed by atoms with E-state index in [2.05, 4.69) is 55.6 Å². The lowest BCUT2D eigenvalue weighted by atomic mass is 10.0. The van der Waals surface area contributed by atoms with Crippen molar-refractivity contribution in [1.82, 2.24) is 5.32 Å². The molecule has 0 aliphatic heterocycles. The molecule has 2 atom stereocenters. The lowest BCUT2D eigenvalue weighted by Gasteiger charge is -2.19. The first-order chi connectivity index (χ1) is 34.5. The SMILES string of the molecule is CCCCC/C=C\C/C=C\CCCCCCCCCC(=O)OCCCCCCCC/C=C\CCCCCC(=O)NC(CO)C(O)/C=C/CCCCCCCCCCCCCCCCCCCCCCC. The van der Waals surface area contributed by atoms with Gasteiger partial charge in [-0.3, -0.25) is 9.59 Å². The number of aliphatic hydroxyl groups is 2. The number of amides is 1. The quantitative estimate of drug-likeness (QED) is 0.0321. The van der Waals surface area contributed by atoms with E-state index < -0.39 is 12.1 Å². The van der Waals surface area contributed by atoms with E-state index in [0.29, 0.717) is 19.4 Å². The Bertz CT molecular complexity index is 1180. The number of carbonyl (C=O) groups is 2. The van der Waals surface area contributed by atoms with Crippen molar-refractivity contribution in [3.63, 3.8) is 0 Å². The highest BCUT2D eigenvalue weighted by Crippen LogP contribution is 2.17. The molecular weight excluding hydrogens is 863 g/mol. The van der Waals surface area contributed by atoms with Gasteiger partial charge in [0.25, 0.3) is 0 Å². The minimum Gasteiger partial charge on any atom is -0.466 e. The van der Waals surface area contributed by atoms with Crippen LogP contribution in [0.2, 0.25) is 0 Å². The molecule has 2 unspecified atom stereocenters. The van der Waals surface area contributed by atoms with Crippen molar-refractivity contribution < 1.29 is 24.5 Å². The standard InChI is InChI=1S/C64H119NO5/c1-3-5-7-9-11-13-15-17-19-21-22-23-24-25-26-28-29-32-36-40-44-48-52-56-62(67)61(60-66)65-63(68)57-53-49-45-41-37-33-31-35-39-43-47-51-55-59-70-64(69)58-54-50-46-42-38-34-30-27-20-18-16-14-12-10-8-6-4-2/h12,14,18,20,33,37,52,56,61-62,66-67H,3-11,13,15-17,19,21-32,34-36,38-51,53-55,57-60H2,1-2H3,(H,65,68)/b14-12-,20-18-,37-33-,56-52+. The number of hydrogen-bond acceptors (Lipinski definition) is 5. The molecule has 0 aliphatic carbocycles. The number of carbonyl (C=O) groups excluding carboxylic acids is 2. The van der Waals surface area contributed by atoms with E-state index in [1.165, 1.54) is 218 Å². The summed E-state index contributed by atoms with van der Waals surface area (Å²) >= 11 is 0. The summed E-state index contributed by atoms with van der Waals surface area (Å²) in [7, 11) is 0. The van der Waals surface area contributed by atoms with Crippen LogP contribution in [0.15, 0.2) is 48.6 Å². The van der Waals surface area contributed by atoms with Crippen molar-refractivity contribution in [3.05, 3.63) is 48.6 Å². The largest absolute Gasteiger partial charge is 0.466 e. The fourth-order valence-electron chi connectivity index (χ4n) is 9.31. The average molecular weight is 983 g/mol. The summed E-state index contributed by atoms with van der Waals surface area (Å²) in [4.78, 5) is 24.6. The second-order valence-corrected chi connectivity index (χ2v) is 21.0. The van der Waals surface area contributed by atoms with Crippen molar-refractivity contribution in [2.45, 2.75) is 334 Å². The van der Waals surface area contributed by atoms with E-state index in [1.54, 1.807) is 6.08 Å². The smallest absolute Gasteiger partial charge is 0.305 e. The van der Waals surface area contributed by atoms with Gasteiger partial charge in [0.15, 0.2) is 0 Å². The maximum absolute atomic E-state index is 12.5. The summed E-state index contributed by atoms with van der Waals surface area (Å²) in [6, 6.07) is -0.651. The maximum Gasteiger partial charge on any atom is 0.305 e. The topological polar surface area (TPSA) is 95.9 Å². The Morgan fingerprint density at radius 2 is 0.714 bits per heavy atom. The molecule has 0 heterocycles. The van der Waals surface area contributed by atoms with Crippen LogP contribution in [0.4, 0.5) is 0 Å². The fraction of sp³-hybridized carbons (Fsp3) is 0.844. The van der Waals surface area contributed by atoms with Crippen LogP contribution < -0.4 is 5.32 Å². The van der Waals surface area contributed by atoms with Crippen molar-refractivity contribution in [3.8, 4) is 0 Å². The van der Waals surface area contributed by atoms with Crippen LogP contribution in [0.25, 0.3) is 0 Å². The monoisotopic (exact) mass is 982 g/mol. The first kappa shape index (κ1) is 67.8. The third-order valence-electron chi connectivity index (χ3n) is 14.1. The lowest BCUT2D eigenvalue weighted by molar-refractivity contribution is -0.143. The molecule has 0 spiro atoms. The third kappa shape index (κ3) is 55.1. The van der Waals surface area contributed by atoms with Gasteiger partial charge in [-0.1, -0.05) is 268 Å². The number of unbranched alkanes of at least 4 members (excludes halogenated alkanes) is 40. The highest BCUT2D eigenvalue weighted by atomic mass is 16.5. The third-order valence-corrected chi connectivity index (χ3v) is 14.1. The summed E-state index contributed by atoms with van der Waals surface area (Å²) in [5.41, 5.74) is 0. The van der Waals surface area contributed by atoms with Gasteiger partial charge < -0.3 is 20.3 Å². The zero-order valence-corrected chi connectivity index (χ0v) is 46.7. The predicted octanol–water partition coefficient (Wildman–Crippen LogP) is 19.4. The molecule has 6 nitrogen and oxygen atoms in total. The van der Waals surface area contributed by atoms with Crippen molar-refractivity contribution in [2.75, 3.05) is 13.2 Å². The van der Waals surface area contributed by atoms with Crippen LogP contribution in [-0.4, -0.2) is 47.4 Å². The zero-order chi connectivity index (χ0) is 50.7. The molecule has 0 aromatic heterocycles. The number of esters is 1. The molecule has 1 amide bonds. The molecule has 0 saturated heterocycles. The number of aliphatic hydroxyl groups excluding tert-OH is 2. The van der Waals surface area contributed by atoms with Gasteiger partial charge in [0.2, 0.25) is 5.91 Å². The Labute approximate surface area is 436 Å². The van der Waals surface area contributed by atoms with Gasteiger partial charge in [0.05, 0.1) is 25.4 Å². The number of allylic oxidation sites excluding steroid dienone is 7. The highest BCUT2D eigenvalue weighted by Gasteiger charge is 2.18. The Hall–Kier alpha value is -2.18. The molecule has 0 radical (unpaired) electrons. The normalized spacial score (nSPS) is 12.9. The molecule has 0 aromatic rings. The summed E-state index contributed by atoms with van der Waals surface area (Å²) in [5.74, 6) is -0.118. The first-order valence-corrected chi connectivity index (χ1v) is 30.9. The summed E-state index contributed by atoms with van der Waals surface area (Å²) in [6.07, 6.45) is 75.7. The number of ether oxygens (including phenoxy) is 1. The van der Waals surface area contributed by atoms with Crippen molar-refractivity contribution >= 4 is 11.9 Å². The highest BCUT2D eigenvalue weighted by molar-refractivity contribution is 5.76. The van der Waals surface area contributed by atoms with Crippen LogP contribution in [0.5, 0.6) is 0 Å². The number of hydrogen-bond donors (Lipinski definition) is 3. The van der Waals surface area contributed by atoms with Gasteiger partial charge in [-0.15, -0.1) is 0 Å². The fourth-order valence-corrected chi connectivity index (χ4v) is 9.31. The molecule has 6 heteroatoms. The van der Waals surface area contributed by atoms with Crippen molar-refractivity contribution in [2.24, 2.45) is 0 Å². The Kier molecular flexibility index (Phi) is 57.5. The zero-order valence-electron chi connectivity index (χ0n) is 46.7. The molecule has 0 rings (SSSR count). The lowest BCUT2D eigenvalue weighted by Crippen LogP contribution is -2.45. The molecule has 0 bridgehead atoms. The molecule has 0 saturated carbocycles. The van der Waals surface area contributed by atoms with Gasteiger partial charge in [-0.25, -0.2) is 0 Å². The molecule has 0 aromatic carbocycles. The molecule has 0 fully saturated rings. The Morgan fingerprint density at radius 3 is 1.14 bits per heavy atom. The van der Waals surface area contributed by atoms with Crippen LogP contribution >= 0.6 is 0 Å². The van der Waals surface area contributed by atoms with Crippen LogP contribution in [0.1, 0.15) is 322 Å². The van der Waals surface area contributed by atoms with Gasteiger partial charge in [0.1, 0.15) is 0 Å². The molecule has 70 heavy (non-hydrogen) atoms. The molecular formula is C64H119NO5. The molecule has 3 N–H and O–H groups in total. The van der Waals surface area contributed by atoms with E-state index in [1.807, 2.05) is 6.08 Å². The van der Waals surface area contributed by atoms with Gasteiger partial charge in [-0.05, 0) is 89.9 Å². The number of rotatable bonds is 57.